The number of carbonyl (C=O) groups excluding carboxylic acids is 1. The van der Waals surface area contributed by atoms with E-state index in [2.05, 4.69) is 10.2 Å². The van der Waals surface area contributed by atoms with Crippen LogP contribution in [0.15, 0.2) is 24.4 Å². The zero-order chi connectivity index (χ0) is 13.6. The van der Waals surface area contributed by atoms with Gasteiger partial charge in [-0.15, -0.1) is 0 Å². The second kappa shape index (κ2) is 4.06. The van der Waals surface area contributed by atoms with E-state index >= 15 is 0 Å². The Morgan fingerprint density at radius 2 is 2.32 bits per heavy atom. The maximum Gasteiger partial charge on any atom is 0.270 e. The highest BCUT2D eigenvalue weighted by molar-refractivity contribution is 6.31. The Hall–Kier alpha value is -2.41. The average Bonchev–Trinajstić information content (AvgIpc) is 2.72. The van der Waals surface area contributed by atoms with Gasteiger partial charge in [0.05, 0.1) is 12.6 Å². The number of benzene rings is 1. The molecule has 96 valence electrons. The molecule has 0 saturated carbocycles. The van der Waals surface area contributed by atoms with Crippen LogP contribution in [0.1, 0.15) is 5.56 Å². The van der Waals surface area contributed by atoms with Gasteiger partial charge in [0, 0.05) is 21.8 Å². The van der Waals surface area contributed by atoms with Crippen molar-refractivity contribution in [1.82, 2.24) is 14.7 Å². The van der Waals surface area contributed by atoms with Crippen LogP contribution < -0.4 is 10.6 Å². The molecule has 0 saturated heterocycles. The van der Waals surface area contributed by atoms with Gasteiger partial charge in [0.1, 0.15) is 5.52 Å². The van der Waals surface area contributed by atoms with Crippen LogP contribution in [-0.4, -0.2) is 20.6 Å². The van der Waals surface area contributed by atoms with Crippen LogP contribution in [-0.2, 0) is 11.2 Å². The zero-order valence-corrected chi connectivity index (χ0v) is 10.3. The predicted molar refractivity (Wildman–Crippen MR) is 67.4 cm³/mol. The summed E-state index contributed by atoms with van der Waals surface area (Å²) in [5.74, 6) is -0.514. The molecule has 3 rings (SSSR count). The minimum atomic E-state index is -0.514. The summed E-state index contributed by atoms with van der Waals surface area (Å²) in [7, 11) is 0. The Bertz CT molecular complexity index is 814. The van der Waals surface area contributed by atoms with Crippen molar-refractivity contribution >= 4 is 34.2 Å². The van der Waals surface area contributed by atoms with Crippen molar-refractivity contribution < 1.29 is 9.64 Å². The number of carbonyl (C=O) groups is 1. The quantitative estimate of drug-likeness (QED) is 0.534. The van der Waals surface area contributed by atoms with E-state index in [1.54, 1.807) is 18.2 Å². The van der Waals surface area contributed by atoms with Crippen molar-refractivity contribution in [2.24, 2.45) is 5.73 Å². The number of nitrogens with two attached hydrogens (primary N) is 1. The third-order valence-corrected chi connectivity index (χ3v) is 2.97. The van der Waals surface area contributed by atoms with E-state index < -0.39 is 5.91 Å². The fraction of sp³-hybridized carbons (Fsp3) is 0.0909. The molecule has 0 bridgehead atoms. The first-order valence-electron chi connectivity index (χ1n) is 5.40. The van der Waals surface area contributed by atoms with Crippen molar-refractivity contribution in [3.8, 4) is 0 Å². The highest BCUT2D eigenvalue weighted by Gasteiger charge is 2.17. The van der Waals surface area contributed by atoms with E-state index in [1.165, 1.54) is 10.7 Å². The molecule has 8 heteroatoms. The molecule has 19 heavy (non-hydrogen) atoms. The first kappa shape index (κ1) is 11.7. The van der Waals surface area contributed by atoms with Gasteiger partial charge in [0.2, 0.25) is 11.6 Å². The largest absolute Gasteiger partial charge is 0.594 e. The maximum atomic E-state index is 11.8. The number of amides is 1. The van der Waals surface area contributed by atoms with E-state index in [1.807, 2.05) is 0 Å². The molecule has 0 aliphatic rings. The Balaban J connectivity index is 2.38. The van der Waals surface area contributed by atoms with Crippen molar-refractivity contribution in [2.45, 2.75) is 6.42 Å². The van der Waals surface area contributed by atoms with Gasteiger partial charge in [0.25, 0.3) is 5.52 Å². The van der Waals surface area contributed by atoms with Gasteiger partial charge in [-0.05, 0) is 17.0 Å². The number of hydrogen-bond donors (Lipinski definition) is 1. The van der Waals surface area contributed by atoms with Gasteiger partial charge in [-0.3, -0.25) is 4.79 Å². The molecular weight excluding hydrogens is 270 g/mol. The van der Waals surface area contributed by atoms with Crippen molar-refractivity contribution in [3.63, 3.8) is 0 Å². The van der Waals surface area contributed by atoms with Gasteiger partial charge in [-0.1, -0.05) is 11.6 Å². The van der Waals surface area contributed by atoms with E-state index in [-0.39, 0.29) is 6.42 Å². The lowest BCUT2D eigenvalue weighted by Crippen LogP contribution is -2.33. The van der Waals surface area contributed by atoms with E-state index in [4.69, 9.17) is 17.3 Å². The number of halogens is 1. The molecule has 0 atom stereocenters. The monoisotopic (exact) mass is 277 g/mol. The minimum Gasteiger partial charge on any atom is -0.594 e. The third-order valence-electron chi connectivity index (χ3n) is 2.74. The van der Waals surface area contributed by atoms with Crippen molar-refractivity contribution in [2.75, 3.05) is 0 Å². The number of primary amides is 1. The van der Waals surface area contributed by atoms with Crippen LogP contribution in [0.25, 0.3) is 16.7 Å². The lowest BCUT2D eigenvalue weighted by atomic mass is 10.2. The van der Waals surface area contributed by atoms with E-state index in [0.717, 1.165) is 0 Å². The molecule has 2 aromatic heterocycles. The van der Waals surface area contributed by atoms with Crippen LogP contribution in [0.2, 0.25) is 5.02 Å². The van der Waals surface area contributed by atoms with Crippen LogP contribution in [0.4, 0.5) is 0 Å². The summed E-state index contributed by atoms with van der Waals surface area (Å²) in [5, 5.41) is 20.3. The van der Waals surface area contributed by atoms with Gasteiger partial charge >= 0.3 is 0 Å². The molecule has 1 amide bonds. The van der Waals surface area contributed by atoms with Gasteiger partial charge in [-0.2, -0.15) is 5.10 Å². The fourth-order valence-electron chi connectivity index (χ4n) is 1.94. The van der Waals surface area contributed by atoms with Gasteiger partial charge < -0.3 is 10.9 Å². The van der Waals surface area contributed by atoms with Crippen LogP contribution in [0, 0.1) is 5.21 Å². The second-order valence-corrected chi connectivity index (χ2v) is 4.49. The fourth-order valence-corrected chi connectivity index (χ4v) is 2.11. The highest BCUT2D eigenvalue weighted by atomic mass is 35.5. The molecule has 0 radical (unpaired) electrons. The van der Waals surface area contributed by atoms with Crippen LogP contribution >= 0.6 is 11.6 Å². The Kier molecular flexibility index (Phi) is 2.49. The second-order valence-electron chi connectivity index (χ2n) is 4.05. The molecule has 0 unspecified atom stereocenters. The molecule has 0 fully saturated rings. The number of hydrogen-bond acceptors (Lipinski definition) is 4. The molecule has 3 aromatic rings. The standard InChI is InChI=1S/C11H8ClN5O2/c12-7-1-2-8-9(4-7)16-11(15-17(8)19)6(5-14-16)3-10(13)18/h1-2,4-5H,3H2,(H2,13,18). The summed E-state index contributed by atoms with van der Waals surface area (Å²) in [4.78, 5) is 11.4. The molecule has 1 aromatic carbocycles. The van der Waals surface area contributed by atoms with E-state index in [0.29, 0.717) is 32.1 Å². The highest BCUT2D eigenvalue weighted by Crippen LogP contribution is 2.18. The minimum absolute atomic E-state index is 0.0252. The molecule has 7 nitrogen and oxygen atoms in total. The summed E-state index contributed by atoms with van der Waals surface area (Å²) in [6, 6.07) is 4.77. The molecule has 2 heterocycles. The first-order chi connectivity index (χ1) is 9.06. The molecule has 0 spiro atoms. The third kappa shape index (κ3) is 1.84. The van der Waals surface area contributed by atoms with Crippen molar-refractivity contribution in [3.05, 3.63) is 40.2 Å². The van der Waals surface area contributed by atoms with Gasteiger partial charge in [-0.25, -0.2) is 4.52 Å². The van der Waals surface area contributed by atoms with Crippen LogP contribution in [0.3, 0.4) is 0 Å². The SMILES string of the molecule is NC(=O)Cc1cnn2c1n[n+]([O-])c1ccc(Cl)cc12. The summed E-state index contributed by atoms with van der Waals surface area (Å²) in [6.45, 7) is 0. The summed E-state index contributed by atoms with van der Waals surface area (Å²) in [5.41, 5.74) is 6.79. The lowest BCUT2D eigenvalue weighted by molar-refractivity contribution is -0.640. The molecule has 0 aliphatic heterocycles. The summed E-state index contributed by atoms with van der Waals surface area (Å²) >= 11 is 5.92. The summed E-state index contributed by atoms with van der Waals surface area (Å²) < 4.78 is 1.47. The predicted octanol–water partition coefficient (Wildman–Crippen LogP) is 0.197. The van der Waals surface area contributed by atoms with Crippen molar-refractivity contribution in [1.29, 1.82) is 0 Å². The Morgan fingerprint density at radius 3 is 3.05 bits per heavy atom. The normalized spacial score (nSPS) is 11.2. The molecule has 0 aliphatic carbocycles. The van der Waals surface area contributed by atoms with Crippen LogP contribution in [0.5, 0.6) is 0 Å². The maximum absolute atomic E-state index is 11.8. The lowest BCUT2D eigenvalue weighted by Gasteiger charge is -2.02. The summed E-state index contributed by atoms with van der Waals surface area (Å²) in [6.07, 6.45) is 1.44. The van der Waals surface area contributed by atoms with E-state index in [9.17, 15) is 10.0 Å². The molecule has 2 N–H and O–H groups in total. The number of fused-ring (bicyclic) bond motifs is 3. The number of rotatable bonds is 2. The smallest absolute Gasteiger partial charge is 0.270 e. The average molecular weight is 278 g/mol. The molecular formula is C11H8ClN5O2. The Labute approximate surface area is 111 Å². The number of aromatic nitrogens is 4. The van der Waals surface area contributed by atoms with Gasteiger partial charge in [0.15, 0.2) is 0 Å². The first-order valence-corrected chi connectivity index (χ1v) is 5.78. The Morgan fingerprint density at radius 1 is 1.53 bits per heavy atom. The topological polar surface area (TPSA) is 100 Å². The number of nitrogens with zero attached hydrogens (tertiary/aromatic N) is 4. The zero-order valence-electron chi connectivity index (χ0n) is 9.58.